The van der Waals surface area contributed by atoms with Crippen molar-refractivity contribution < 1.29 is 0 Å². The smallest absolute Gasteiger partial charge is 0.0158 e. The molecular weight excluding hydrogens is 238 g/mol. The van der Waals surface area contributed by atoms with Crippen LogP contribution in [-0.2, 0) is 0 Å². The number of hydrogen-bond donors (Lipinski definition) is 1. The Labute approximate surface area is 118 Å². The molecule has 0 radical (unpaired) electrons. The summed E-state index contributed by atoms with van der Waals surface area (Å²) in [6.45, 7) is 3.49. The quantitative estimate of drug-likeness (QED) is 0.656. The first-order valence-electron chi connectivity index (χ1n) is 8.23. The highest BCUT2D eigenvalue weighted by molar-refractivity contribution is 7.99. The fourth-order valence-electron chi connectivity index (χ4n) is 2.92. The zero-order valence-electron chi connectivity index (χ0n) is 12.1. The molecule has 2 heteroatoms. The van der Waals surface area contributed by atoms with Crippen LogP contribution in [0.4, 0.5) is 0 Å². The highest BCUT2D eigenvalue weighted by Crippen LogP contribution is 2.35. The van der Waals surface area contributed by atoms with Gasteiger partial charge in [-0.05, 0) is 44.6 Å². The van der Waals surface area contributed by atoms with E-state index in [0.29, 0.717) is 0 Å². The molecule has 106 valence electrons. The van der Waals surface area contributed by atoms with Crippen LogP contribution in [0.25, 0.3) is 0 Å². The molecule has 0 saturated heterocycles. The Kier molecular flexibility index (Phi) is 6.93. The Balaban J connectivity index is 1.61. The maximum absolute atomic E-state index is 3.77. The molecule has 1 nitrogen and oxygen atoms in total. The summed E-state index contributed by atoms with van der Waals surface area (Å²) in [4.78, 5) is 0. The summed E-state index contributed by atoms with van der Waals surface area (Å²) in [5, 5.41) is 4.75. The van der Waals surface area contributed by atoms with E-state index in [1.807, 2.05) is 0 Å². The fraction of sp³-hybridized carbons (Fsp3) is 1.00. The maximum Gasteiger partial charge on any atom is 0.0158 e. The maximum atomic E-state index is 3.77. The van der Waals surface area contributed by atoms with Crippen molar-refractivity contribution in [2.75, 3.05) is 12.3 Å². The van der Waals surface area contributed by atoms with Gasteiger partial charge >= 0.3 is 0 Å². The average Bonchev–Trinajstić information content (AvgIpc) is 3.23. The van der Waals surface area contributed by atoms with Crippen LogP contribution < -0.4 is 5.32 Å². The third kappa shape index (κ3) is 5.97. The van der Waals surface area contributed by atoms with Gasteiger partial charge in [-0.15, -0.1) is 0 Å². The van der Waals surface area contributed by atoms with E-state index in [9.17, 15) is 0 Å². The Morgan fingerprint density at radius 2 is 1.89 bits per heavy atom. The van der Waals surface area contributed by atoms with Crippen molar-refractivity contribution in [2.45, 2.75) is 82.4 Å². The van der Waals surface area contributed by atoms with Crippen molar-refractivity contribution in [1.29, 1.82) is 0 Å². The van der Waals surface area contributed by atoms with Crippen molar-refractivity contribution in [3.63, 3.8) is 0 Å². The molecule has 1 N–H and O–H groups in total. The molecule has 0 bridgehead atoms. The van der Waals surface area contributed by atoms with Gasteiger partial charge in [-0.25, -0.2) is 0 Å². The van der Waals surface area contributed by atoms with Gasteiger partial charge in [-0.3, -0.25) is 0 Å². The lowest BCUT2D eigenvalue weighted by atomic mass is 10.0. The van der Waals surface area contributed by atoms with Gasteiger partial charge in [0.2, 0.25) is 0 Å². The minimum atomic E-state index is 0.789. The summed E-state index contributed by atoms with van der Waals surface area (Å²) >= 11 is 2.27. The topological polar surface area (TPSA) is 12.0 Å². The van der Waals surface area contributed by atoms with Crippen LogP contribution in [0.15, 0.2) is 0 Å². The van der Waals surface area contributed by atoms with Crippen LogP contribution in [0, 0.1) is 5.92 Å². The number of hydrogen-bond acceptors (Lipinski definition) is 2. The van der Waals surface area contributed by atoms with E-state index in [4.69, 9.17) is 0 Å². The highest BCUT2D eigenvalue weighted by Gasteiger charge is 2.23. The Hall–Kier alpha value is 0.310. The van der Waals surface area contributed by atoms with Gasteiger partial charge in [-0.1, -0.05) is 39.0 Å². The molecule has 1 atom stereocenters. The van der Waals surface area contributed by atoms with Gasteiger partial charge in [-0.2, -0.15) is 11.8 Å². The van der Waals surface area contributed by atoms with Gasteiger partial charge in [0.1, 0.15) is 0 Å². The summed E-state index contributed by atoms with van der Waals surface area (Å²) in [7, 11) is 0. The lowest BCUT2D eigenvalue weighted by Crippen LogP contribution is -2.33. The van der Waals surface area contributed by atoms with Gasteiger partial charge in [0.25, 0.3) is 0 Å². The van der Waals surface area contributed by atoms with E-state index in [-0.39, 0.29) is 0 Å². The van der Waals surface area contributed by atoms with E-state index in [1.54, 1.807) is 0 Å². The average molecular weight is 269 g/mol. The van der Waals surface area contributed by atoms with Gasteiger partial charge in [0, 0.05) is 17.0 Å². The number of thioether (sulfide) groups is 1. The first-order chi connectivity index (χ1) is 8.88. The van der Waals surface area contributed by atoms with E-state index < -0.39 is 0 Å². The second-order valence-electron chi connectivity index (χ2n) is 6.27. The first-order valence-corrected chi connectivity index (χ1v) is 9.28. The van der Waals surface area contributed by atoms with Crippen LogP contribution in [0.5, 0.6) is 0 Å². The predicted molar refractivity (Wildman–Crippen MR) is 83.4 cm³/mol. The molecule has 0 aromatic carbocycles. The molecule has 0 amide bonds. The molecule has 0 heterocycles. The van der Waals surface area contributed by atoms with Gasteiger partial charge in [0.05, 0.1) is 0 Å². The van der Waals surface area contributed by atoms with Crippen LogP contribution in [-0.4, -0.2) is 23.6 Å². The molecule has 0 spiro atoms. The summed E-state index contributed by atoms with van der Waals surface area (Å²) in [6.07, 6.45) is 14.6. The number of nitrogens with one attached hydrogen (secondary N) is 1. The van der Waals surface area contributed by atoms with Gasteiger partial charge in [0.15, 0.2) is 0 Å². The van der Waals surface area contributed by atoms with E-state index in [1.165, 1.54) is 76.5 Å². The van der Waals surface area contributed by atoms with Crippen LogP contribution in [0.3, 0.4) is 0 Å². The highest BCUT2D eigenvalue weighted by atomic mass is 32.2. The largest absolute Gasteiger partial charge is 0.313 e. The first kappa shape index (κ1) is 14.7. The summed E-state index contributed by atoms with van der Waals surface area (Å²) in [5.74, 6) is 2.45. The van der Waals surface area contributed by atoms with E-state index >= 15 is 0 Å². The minimum Gasteiger partial charge on any atom is -0.313 e. The molecular formula is C16H31NS. The molecule has 0 aromatic heterocycles. The number of rotatable bonds is 9. The van der Waals surface area contributed by atoms with Crippen molar-refractivity contribution in [3.05, 3.63) is 0 Å². The molecule has 0 aromatic rings. The monoisotopic (exact) mass is 269 g/mol. The lowest BCUT2D eigenvalue weighted by Gasteiger charge is -2.24. The van der Waals surface area contributed by atoms with Crippen molar-refractivity contribution in [2.24, 2.45) is 5.92 Å². The zero-order chi connectivity index (χ0) is 12.6. The summed E-state index contributed by atoms with van der Waals surface area (Å²) < 4.78 is 0. The minimum absolute atomic E-state index is 0.789. The summed E-state index contributed by atoms with van der Waals surface area (Å²) in [6, 6.07) is 0.789. The normalized spacial score (nSPS) is 23.2. The van der Waals surface area contributed by atoms with E-state index in [0.717, 1.165) is 17.2 Å². The third-order valence-electron chi connectivity index (χ3n) is 4.39. The van der Waals surface area contributed by atoms with Gasteiger partial charge < -0.3 is 5.32 Å². The Bertz CT molecular complexity index is 209. The molecule has 2 aliphatic carbocycles. The molecule has 0 aliphatic heterocycles. The zero-order valence-corrected chi connectivity index (χ0v) is 12.9. The second-order valence-corrected chi connectivity index (χ2v) is 7.60. The van der Waals surface area contributed by atoms with E-state index in [2.05, 4.69) is 24.0 Å². The van der Waals surface area contributed by atoms with Crippen molar-refractivity contribution in [1.82, 2.24) is 5.32 Å². The van der Waals surface area contributed by atoms with Crippen LogP contribution >= 0.6 is 11.8 Å². The van der Waals surface area contributed by atoms with Crippen LogP contribution in [0.1, 0.15) is 71.1 Å². The molecule has 2 saturated carbocycles. The third-order valence-corrected chi connectivity index (χ3v) is 5.93. The summed E-state index contributed by atoms with van der Waals surface area (Å²) in [5.41, 5.74) is 0. The SMILES string of the molecule is CCCNC(CCC1CC1)CSC1CCCCC1. The standard InChI is InChI=1S/C16H31NS/c1-2-12-17-15(11-10-14-8-9-14)13-18-16-6-4-3-5-7-16/h14-17H,2-13H2,1H3. The molecule has 18 heavy (non-hydrogen) atoms. The van der Waals surface area contributed by atoms with Crippen molar-refractivity contribution >= 4 is 11.8 Å². The lowest BCUT2D eigenvalue weighted by molar-refractivity contribution is 0.484. The fourth-order valence-corrected chi connectivity index (χ4v) is 4.38. The second kappa shape index (κ2) is 8.47. The Morgan fingerprint density at radius 1 is 1.11 bits per heavy atom. The molecule has 1 unspecified atom stereocenters. The molecule has 2 aliphatic rings. The molecule has 2 fully saturated rings. The Morgan fingerprint density at radius 3 is 2.56 bits per heavy atom. The van der Waals surface area contributed by atoms with Crippen LogP contribution in [0.2, 0.25) is 0 Å². The molecule has 2 rings (SSSR count). The predicted octanol–water partition coefficient (Wildman–Crippen LogP) is 4.61. The van der Waals surface area contributed by atoms with Crippen molar-refractivity contribution in [3.8, 4) is 0 Å².